The van der Waals surface area contributed by atoms with Crippen LogP contribution in [0.4, 0.5) is 0 Å². The molecule has 1 aromatic carbocycles. The maximum atomic E-state index is 6.03. The van der Waals surface area contributed by atoms with Crippen molar-refractivity contribution in [3.05, 3.63) is 66.1 Å². The average Bonchev–Trinajstić information content (AvgIpc) is 2.55. The lowest BCUT2D eigenvalue weighted by atomic mass is 10.1. The number of nitrogens with zero attached hydrogens (tertiary/aromatic N) is 3. The van der Waals surface area contributed by atoms with E-state index in [0.29, 0.717) is 5.15 Å². The van der Waals surface area contributed by atoms with Gasteiger partial charge < -0.3 is 0 Å². The molecule has 0 fully saturated rings. The van der Waals surface area contributed by atoms with Crippen molar-refractivity contribution in [2.75, 3.05) is 0 Å². The van der Waals surface area contributed by atoms with Crippen LogP contribution < -0.4 is 0 Å². The minimum Gasteiger partial charge on any atom is -0.264 e. The molecule has 100 valence electrons. The van der Waals surface area contributed by atoms with E-state index >= 15 is 0 Å². The minimum atomic E-state index is 0.476. The first-order valence-corrected chi connectivity index (χ1v) is 6.95. The van der Waals surface area contributed by atoms with Crippen molar-refractivity contribution in [2.24, 2.45) is 0 Å². The number of aromatic nitrogens is 3. The summed E-state index contributed by atoms with van der Waals surface area (Å²) < 4.78 is 0. The van der Waals surface area contributed by atoms with E-state index in [2.05, 4.69) is 9.97 Å². The summed E-state index contributed by atoms with van der Waals surface area (Å²) >= 11 is 6.03. The van der Waals surface area contributed by atoms with Crippen molar-refractivity contribution in [2.45, 2.75) is 0 Å². The maximum absolute atomic E-state index is 6.03. The van der Waals surface area contributed by atoms with Gasteiger partial charge in [0.15, 0.2) is 0 Å². The third-order valence-corrected chi connectivity index (χ3v) is 3.65. The molecule has 3 aromatic heterocycles. The van der Waals surface area contributed by atoms with Crippen molar-refractivity contribution in [3.63, 3.8) is 0 Å². The van der Waals surface area contributed by atoms with Gasteiger partial charge >= 0.3 is 0 Å². The van der Waals surface area contributed by atoms with Gasteiger partial charge in [0.05, 0.1) is 16.7 Å². The van der Waals surface area contributed by atoms with Gasteiger partial charge in [0.2, 0.25) is 0 Å². The first-order chi connectivity index (χ1) is 10.3. The van der Waals surface area contributed by atoms with Crippen LogP contribution in [0.1, 0.15) is 0 Å². The molecule has 4 aromatic rings. The summed E-state index contributed by atoms with van der Waals surface area (Å²) in [7, 11) is 0. The van der Waals surface area contributed by atoms with Gasteiger partial charge in [-0.1, -0.05) is 29.8 Å². The molecule has 3 heterocycles. The van der Waals surface area contributed by atoms with Crippen molar-refractivity contribution in [1.29, 1.82) is 0 Å². The molecule has 4 heteroatoms. The molecule has 0 unspecified atom stereocenters. The Morgan fingerprint density at radius 3 is 2.24 bits per heavy atom. The van der Waals surface area contributed by atoms with E-state index < -0.39 is 0 Å². The Balaban J connectivity index is 2.05. The highest BCUT2D eigenvalue weighted by molar-refractivity contribution is 6.30. The van der Waals surface area contributed by atoms with Crippen LogP contribution in [0.3, 0.4) is 0 Å². The molecule has 3 nitrogen and oxygen atoms in total. The number of hydrogen-bond donors (Lipinski definition) is 0. The largest absolute Gasteiger partial charge is 0.264 e. The monoisotopic (exact) mass is 291 g/mol. The average molecular weight is 292 g/mol. The van der Waals surface area contributed by atoms with Crippen molar-refractivity contribution < 1.29 is 0 Å². The number of pyridine rings is 3. The second kappa shape index (κ2) is 4.79. The molecule has 0 atom stereocenters. The van der Waals surface area contributed by atoms with Crippen LogP contribution in [0.15, 0.2) is 60.9 Å². The Bertz CT molecular complexity index is 952. The fourth-order valence-corrected chi connectivity index (χ4v) is 2.57. The zero-order valence-electron chi connectivity index (χ0n) is 11.0. The van der Waals surface area contributed by atoms with Crippen LogP contribution in [0, 0.1) is 0 Å². The lowest BCUT2D eigenvalue weighted by Crippen LogP contribution is -1.89. The molecule has 0 radical (unpaired) electrons. The zero-order chi connectivity index (χ0) is 14.2. The first-order valence-electron chi connectivity index (χ1n) is 6.58. The standard InChI is InChI=1S/C17H10ClN3/c18-15-8-6-12-4-3-11-5-7-14(13-2-1-9-19-10-13)20-16(11)17(12)21-15/h1-10H. The number of fused-ring (bicyclic) bond motifs is 3. The number of rotatable bonds is 1. The normalized spacial score (nSPS) is 11.1. The first kappa shape index (κ1) is 12.2. The predicted octanol–water partition coefficient (Wildman–Crippen LogP) is 4.50. The van der Waals surface area contributed by atoms with Gasteiger partial charge in [-0.25, -0.2) is 9.97 Å². The molecule has 0 bridgehead atoms. The number of benzene rings is 1. The molecule has 0 aliphatic heterocycles. The Morgan fingerprint density at radius 1 is 0.762 bits per heavy atom. The molecule has 0 aliphatic carbocycles. The maximum Gasteiger partial charge on any atom is 0.129 e. The highest BCUT2D eigenvalue weighted by Crippen LogP contribution is 2.26. The quantitative estimate of drug-likeness (QED) is 0.383. The van der Waals surface area contributed by atoms with E-state index in [0.717, 1.165) is 33.1 Å². The zero-order valence-corrected chi connectivity index (χ0v) is 11.7. The molecule has 0 saturated carbocycles. The molecule has 0 saturated heterocycles. The molecular weight excluding hydrogens is 282 g/mol. The van der Waals surface area contributed by atoms with E-state index in [1.165, 1.54) is 0 Å². The van der Waals surface area contributed by atoms with Crippen LogP contribution in [0.5, 0.6) is 0 Å². The van der Waals surface area contributed by atoms with Gasteiger partial charge in [-0.2, -0.15) is 0 Å². The molecule has 0 aliphatic rings. The van der Waals surface area contributed by atoms with Crippen molar-refractivity contribution in [3.8, 4) is 11.3 Å². The lowest BCUT2D eigenvalue weighted by Gasteiger charge is -2.06. The second-order valence-corrected chi connectivity index (χ2v) is 5.17. The van der Waals surface area contributed by atoms with Gasteiger partial charge in [-0.05, 0) is 30.3 Å². The van der Waals surface area contributed by atoms with Crippen LogP contribution in [-0.2, 0) is 0 Å². The molecule has 0 amide bonds. The summed E-state index contributed by atoms with van der Waals surface area (Å²) in [4.78, 5) is 13.3. The Kier molecular flexibility index (Phi) is 2.79. The molecule has 0 spiro atoms. The van der Waals surface area contributed by atoms with Crippen LogP contribution in [-0.4, -0.2) is 15.0 Å². The lowest BCUT2D eigenvalue weighted by molar-refractivity contribution is 1.30. The van der Waals surface area contributed by atoms with E-state index in [1.807, 2.05) is 42.5 Å². The summed E-state index contributed by atoms with van der Waals surface area (Å²) in [5.41, 5.74) is 3.55. The van der Waals surface area contributed by atoms with E-state index in [4.69, 9.17) is 16.6 Å². The smallest absolute Gasteiger partial charge is 0.129 e. The van der Waals surface area contributed by atoms with Crippen molar-refractivity contribution in [1.82, 2.24) is 15.0 Å². The second-order valence-electron chi connectivity index (χ2n) is 4.78. The minimum absolute atomic E-state index is 0.476. The summed E-state index contributed by atoms with van der Waals surface area (Å²) in [6.07, 6.45) is 3.56. The SMILES string of the molecule is Clc1ccc2ccc3ccc(-c4cccnc4)nc3c2n1. The third kappa shape index (κ3) is 2.12. The van der Waals surface area contributed by atoms with E-state index in [1.54, 1.807) is 18.5 Å². The summed E-state index contributed by atoms with van der Waals surface area (Å²) in [6, 6.07) is 15.8. The highest BCUT2D eigenvalue weighted by atomic mass is 35.5. The third-order valence-electron chi connectivity index (χ3n) is 3.44. The number of halogens is 1. The number of hydrogen-bond acceptors (Lipinski definition) is 3. The Hall–Kier alpha value is -2.52. The molecule has 21 heavy (non-hydrogen) atoms. The van der Waals surface area contributed by atoms with Gasteiger partial charge in [-0.15, -0.1) is 0 Å². The van der Waals surface area contributed by atoms with Crippen LogP contribution in [0.2, 0.25) is 5.15 Å². The van der Waals surface area contributed by atoms with Gasteiger partial charge in [0.1, 0.15) is 5.15 Å². The Morgan fingerprint density at radius 2 is 1.48 bits per heavy atom. The van der Waals surface area contributed by atoms with Gasteiger partial charge in [0, 0.05) is 28.7 Å². The van der Waals surface area contributed by atoms with E-state index in [-0.39, 0.29) is 0 Å². The van der Waals surface area contributed by atoms with Crippen LogP contribution >= 0.6 is 11.6 Å². The molecule has 4 rings (SSSR count). The predicted molar refractivity (Wildman–Crippen MR) is 85.3 cm³/mol. The fourth-order valence-electron chi connectivity index (χ4n) is 2.42. The van der Waals surface area contributed by atoms with Gasteiger partial charge in [0.25, 0.3) is 0 Å². The topological polar surface area (TPSA) is 38.7 Å². The van der Waals surface area contributed by atoms with Crippen LogP contribution in [0.25, 0.3) is 33.1 Å². The molecular formula is C17H10ClN3. The van der Waals surface area contributed by atoms with Gasteiger partial charge in [-0.3, -0.25) is 4.98 Å². The van der Waals surface area contributed by atoms with Crippen molar-refractivity contribution >= 4 is 33.4 Å². The summed E-state index contributed by atoms with van der Waals surface area (Å²) in [6.45, 7) is 0. The summed E-state index contributed by atoms with van der Waals surface area (Å²) in [5, 5.41) is 2.55. The molecule has 0 N–H and O–H groups in total. The summed E-state index contributed by atoms with van der Waals surface area (Å²) in [5.74, 6) is 0. The van der Waals surface area contributed by atoms with E-state index in [9.17, 15) is 0 Å². The Labute approximate surface area is 126 Å². The fraction of sp³-hybridized carbons (Fsp3) is 0. The highest BCUT2D eigenvalue weighted by Gasteiger charge is 2.07.